The lowest BCUT2D eigenvalue weighted by atomic mass is 9.59. The van der Waals surface area contributed by atoms with E-state index in [9.17, 15) is 13.2 Å². The van der Waals surface area contributed by atoms with Gasteiger partial charge in [-0.1, -0.05) is 44.2 Å². The highest BCUT2D eigenvalue weighted by atomic mass is 32.2. The number of aryl methyl sites for hydroxylation is 2. The number of cyclic esters (lactones) is 1. The van der Waals surface area contributed by atoms with Crippen LogP contribution in [0.15, 0.2) is 53.4 Å². The number of hydrogen-bond donors (Lipinski definition) is 2. The predicted octanol–water partition coefficient (Wildman–Crippen LogP) is 5.59. The van der Waals surface area contributed by atoms with Crippen LogP contribution in [0.5, 0.6) is 5.88 Å². The molecule has 10 heteroatoms. The third-order valence-electron chi connectivity index (χ3n) is 8.61. The second-order valence-electron chi connectivity index (χ2n) is 12.2. The smallest absolute Gasteiger partial charge is 0.407 e. The van der Waals surface area contributed by atoms with Gasteiger partial charge in [0.05, 0.1) is 22.7 Å². The first-order chi connectivity index (χ1) is 19.5. The lowest BCUT2D eigenvalue weighted by Crippen LogP contribution is -2.56. The van der Waals surface area contributed by atoms with Gasteiger partial charge in [-0.25, -0.2) is 22.9 Å². The number of carbonyl (C=O) groups is 1. The van der Waals surface area contributed by atoms with E-state index in [1.807, 2.05) is 38.1 Å². The van der Waals surface area contributed by atoms with E-state index in [-0.39, 0.29) is 40.2 Å². The second kappa shape index (κ2) is 10.3. The number of fused-ring (bicyclic) bond motifs is 4. The van der Waals surface area contributed by atoms with Crippen molar-refractivity contribution in [2.45, 2.75) is 63.3 Å². The molecule has 2 aliphatic heterocycles. The summed E-state index contributed by atoms with van der Waals surface area (Å²) in [5.41, 5.74) is 4.18. The third-order valence-corrected chi connectivity index (χ3v) is 9.93. The van der Waals surface area contributed by atoms with Gasteiger partial charge in [0, 0.05) is 17.5 Å². The zero-order valence-electron chi connectivity index (χ0n) is 23.8. The van der Waals surface area contributed by atoms with E-state index in [4.69, 9.17) is 9.47 Å². The van der Waals surface area contributed by atoms with Crippen molar-refractivity contribution in [3.63, 3.8) is 0 Å². The number of alkyl carbamates (subject to hydrolysis) is 1. The number of amides is 1. The number of hydrogen-bond acceptors (Lipinski definition) is 7. The Balaban J connectivity index is 1.44. The van der Waals surface area contributed by atoms with Crippen molar-refractivity contribution < 1.29 is 22.7 Å². The Morgan fingerprint density at radius 3 is 2.44 bits per heavy atom. The van der Waals surface area contributed by atoms with E-state index in [1.165, 1.54) is 0 Å². The average molecular weight is 577 g/mol. The molecule has 1 saturated heterocycles. The van der Waals surface area contributed by atoms with Crippen molar-refractivity contribution >= 4 is 22.1 Å². The SMILES string of the molecule is Cc1cccc(C)c1-c1cc2nc(n1)NS(=O)(=O)c1cccc(c1)C(C1CC3(COC(=O)N3)C1)[C@H](CC(C)C)CO2. The van der Waals surface area contributed by atoms with Crippen LogP contribution in [0.3, 0.4) is 0 Å². The number of aromatic nitrogens is 2. The van der Waals surface area contributed by atoms with Crippen molar-refractivity contribution in [3.8, 4) is 17.1 Å². The molecule has 6 rings (SSSR count). The number of nitrogens with one attached hydrogen (secondary N) is 2. The molecule has 2 aromatic carbocycles. The first-order valence-corrected chi connectivity index (χ1v) is 15.7. The monoisotopic (exact) mass is 576 g/mol. The van der Waals surface area contributed by atoms with Crippen LogP contribution in [0.25, 0.3) is 11.3 Å². The van der Waals surface area contributed by atoms with Crippen LogP contribution < -0.4 is 14.8 Å². The van der Waals surface area contributed by atoms with Crippen molar-refractivity contribution in [2.24, 2.45) is 17.8 Å². The Bertz CT molecular complexity index is 1580. The number of ether oxygens (including phenoxy) is 2. The topological polar surface area (TPSA) is 120 Å². The molecule has 2 fully saturated rings. The number of sulfonamides is 1. The van der Waals surface area contributed by atoms with Gasteiger partial charge in [-0.3, -0.25) is 0 Å². The Morgan fingerprint density at radius 1 is 1.02 bits per heavy atom. The molecule has 3 aromatic rings. The molecule has 1 amide bonds. The Labute approximate surface area is 241 Å². The van der Waals surface area contributed by atoms with Crippen molar-refractivity contribution in [1.82, 2.24) is 15.3 Å². The number of anilines is 1. The van der Waals surface area contributed by atoms with E-state index >= 15 is 0 Å². The van der Waals surface area contributed by atoms with Crippen LogP contribution in [0.2, 0.25) is 0 Å². The molecule has 4 bridgehead atoms. The minimum absolute atomic E-state index is 0.0227. The molecule has 1 saturated carbocycles. The first-order valence-electron chi connectivity index (χ1n) is 14.2. The van der Waals surface area contributed by atoms with Gasteiger partial charge in [-0.05, 0) is 79.7 Å². The van der Waals surface area contributed by atoms with Gasteiger partial charge < -0.3 is 14.8 Å². The fourth-order valence-corrected chi connectivity index (χ4v) is 7.91. The van der Waals surface area contributed by atoms with Crippen molar-refractivity contribution in [3.05, 3.63) is 65.2 Å². The number of benzene rings is 2. The van der Waals surface area contributed by atoms with Crippen LogP contribution in [-0.4, -0.2) is 43.2 Å². The van der Waals surface area contributed by atoms with Gasteiger partial charge in [-0.2, -0.15) is 4.98 Å². The molecule has 2 N–H and O–H groups in total. The van der Waals surface area contributed by atoms with E-state index < -0.39 is 10.0 Å². The quantitative estimate of drug-likeness (QED) is 0.416. The van der Waals surface area contributed by atoms with Crippen LogP contribution in [0.4, 0.5) is 10.7 Å². The second-order valence-corrected chi connectivity index (χ2v) is 13.9. The van der Waals surface area contributed by atoms with Crippen molar-refractivity contribution in [1.29, 1.82) is 0 Å². The summed E-state index contributed by atoms with van der Waals surface area (Å²) in [6.45, 7) is 9.16. The summed E-state index contributed by atoms with van der Waals surface area (Å²) in [6.07, 6.45) is 2.04. The van der Waals surface area contributed by atoms with Crippen LogP contribution in [0.1, 0.15) is 55.7 Å². The fraction of sp³-hybridized carbons (Fsp3) is 0.452. The zero-order chi connectivity index (χ0) is 28.9. The highest BCUT2D eigenvalue weighted by Crippen LogP contribution is 2.51. The molecule has 1 aromatic heterocycles. The normalized spacial score (nSPS) is 26.6. The highest BCUT2D eigenvalue weighted by Gasteiger charge is 2.53. The minimum Gasteiger partial charge on any atom is -0.477 e. The van der Waals surface area contributed by atoms with E-state index in [2.05, 4.69) is 33.9 Å². The number of carbonyl (C=O) groups excluding carboxylic acids is 1. The lowest BCUT2D eigenvalue weighted by Gasteiger charge is -2.49. The minimum atomic E-state index is -3.98. The maximum Gasteiger partial charge on any atom is 0.407 e. The van der Waals surface area contributed by atoms with Crippen LogP contribution in [-0.2, 0) is 14.8 Å². The summed E-state index contributed by atoms with van der Waals surface area (Å²) in [5.74, 6) is 1.03. The molecule has 1 aliphatic carbocycles. The number of nitrogens with zero attached hydrogens (tertiary/aromatic N) is 2. The van der Waals surface area contributed by atoms with Gasteiger partial charge in [-0.15, -0.1) is 0 Å². The van der Waals surface area contributed by atoms with Crippen molar-refractivity contribution in [2.75, 3.05) is 17.9 Å². The molecule has 2 atom stereocenters. The van der Waals surface area contributed by atoms with Gasteiger partial charge in [0.1, 0.15) is 6.61 Å². The summed E-state index contributed by atoms with van der Waals surface area (Å²) in [4.78, 5) is 21.1. The van der Waals surface area contributed by atoms with Gasteiger partial charge in [0.25, 0.3) is 10.0 Å². The van der Waals surface area contributed by atoms with E-state index in [0.29, 0.717) is 30.7 Å². The van der Waals surface area contributed by atoms with Gasteiger partial charge in [0.15, 0.2) is 0 Å². The van der Waals surface area contributed by atoms with Gasteiger partial charge >= 0.3 is 6.09 Å². The Hall–Kier alpha value is -3.66. The summed E-state index contributed by atoms with van der Waals surface area (Å²) >= 11 is 0. The largest absolute Gasteiger partial charge is 0.477 e. The van der Waals surface area contributed by atoms with Crippen LogP contribution >= 0.6 is 0 Å². The van der Waals surface area contributed by atoms with Crippen LogP contribution in [0, 0.1) is 31.6 Å². The maximum atomic E-state index is 13.6. The molecule has 1 spiro atoms. The molecule has 41 heavy (non-hydrogen) atoms. The summed E-state index contributed by atoms with van der Waals surface area (Å²) in [7, 11) is -3.98. The molecule has 9 nitrogen and oxygen atoms in total. The summed E-state index contributed by atoms with van der Waals surface area (Å²) in [6, 6.07) is 15.0. The standard InChI is InChI=1S/C31H36N4O5S/c1-18(2)11-22-16-39-26-13-25(27-19(3)7-5-8-20(27)4)32-29(33-26)35-41(37,38)24-10-6-9-21(12-24)28(22)23-14-31(15-23)17-40-30(36)34-31/h5-10,12-13,18,22-23,28H,11,14-17H2,1-4H3,(H,34,36)(H,32,33,35)/t22-,23?,28?,31?/m1/s1. The van der Waals surface area contributed by atoms with Gasteiger partial charge in [0.2, 0.25) is 11.8 Å². The molecule has 3 heterocycles. The Kier molecular flexibility index (Phi) is 6.92. The summed E-state index contributed by atoms with van der Waals surface area (Å²) in [5, 5.41) is 3.00. The third kappa shape index (κ3) is 5.37. The molecule has 216 valence electrons. The number of rotatable bonds is 4. The zero-order valence-corrected chi connectivity index (χ0v) is 24.6. The molecule has 3 aliphatic rings. The molecular formula is C31H36N4O5S. The Morgan fingerprint density at radius 2 is 1.76 bits per heavy atom. The van der Waals surface area contributed by atoms with E-state index in [0.717, 1.165) is 41.5 Å². The maximum absolute atomic E-state index is 13.6. The fourth-order valence-electron chi connectivity index (χ4n) is 6.91. The first kappa shape index (κ1) is 27.5. The molecule has 1 unspecified atom stereocenters. The predicted molar refractivity (Wildman–Crippen MR) is 155 cm³/mol. The van der Waals surface area contributed by atoms with E-state index in [1.54, 1.807) is 24.3 Å². The molecular weight excluding hydrogens is 540 g/mol. The average Bonchev–Trinajstić information content (AvgIpc) is 3.28. The summed E-state index contributed by atoms with van der Waals surface area (Å²) < 4.78 is 41.5. The lowest BCUT2D eigenvalue weighted by molar-refractivity contribution is 0.0520. The molecule has 0 radical (unpaired) electrons. The highest BCUT2D eigenvalue weighted by molar-refractivity contribution is 7.92.